The van der Waals surface area contributed by atoms with E-state index < -0.39 is 0 Å². The van der Waals surface area contributed by atoms with Crippen molar-refractivity contribution in [3.8, 4) is 0 Å². The van der Waals surface area contributed by atoms with E-state index in [-0.39, 0.29) is 5.41 Å². The van der Waals surface area contributed by atoms with E-state index in [1.165, 1.54) is 0 Å². The fourth-order valence-electron chi connectivity index (χ4n) is 0.948. The van der Waals surface area contributed by atoms with Gasteiger partial charge in [0.2, 0.25) is 0 Å². The third-order valence-corrected chi connectivity index (χ3v) is 1.85. The van der Waals surface area contributed by atoms with Gasteiger partial charge in [0, 0.05) is 5.41 Å². The largest absolute Gasteiger partial charge is 0.155 e. The van der Waals surface area contributed by atoms with Crippen LogP contribution in [0.2, 0.25) is 0 Å². The van der Waals surface area contributed by atoms with Crippen molar-refractivity contribution in [2.45, 2.75) is 39.5 Å². The predicted molar refractivity (Wildman–Crippen MR) is 50.1 cm³/mol. The molecule has 0 N–H and O–H groups in total. The molecule has 0 aliphatic carbocycles. The van der Waals surface area contributed by atoms with Crippen molar-refractivity contribution < 1.29 is 0 Å². The molecule has 2 nitrogen and oxygen atoms in total. The topological polar surface area (TPSA) is 25.8 Å². The summed E-state index contributed by atoms with van der Waals surface area (Å²) < 4.78 is 0. The first-order chi connectivity index (χ1) is 5.54. The number of hydrogen-bond donors (Lipinski definition) is 0. The Labute approximate surface area is 74.0 Å². The van der Waals surface area contributed by atoms with E-state index in [0.717, 1.165) is 17.8 Å². The van der Waals surface area contributed by atoms with Gasteiger partial charge in [0.25, 0.3) is 0 Å². The smallest absolute Gasteiger partial charge is 0.0684 e. The fourth-order valence-corrected chi connectivity index (χ4v) is 0.948. The highest BCUT2D eigenvalue weighted by molar-refractivity contribution is 5.13. The Morgan fingerprint density at radius 3 is 2.17 bits per heavy atom. The summed E-state index contributed by atoms with van der Waals surface area (Å²) in [5.41, 5.74) is 2.22. The average Bonchev–Trinajstić information content (AvgIpc) is 2.03. The molecule has 0 radical (unpaired) electrons. The van der Waals surface area contributed by atoms with Crippen LogP contribution in [0.3, 0.4) is 0 Å². The fraction of sp³-hybridized carbons (Fsp3) is 0.600. The van der Waals surface area contributed by atoms with Crippen LogP contribution in [0, 0.1) is 0 Å². The molecule has 66 valence electrons. The van der Waals surface area contributed by atoms with Crippen molar-refractivity contribution in [1.82, 2.24) is 10.2 Å². The van der Waals surface area contributed by atoms with Crippen LogP contribution in [0.1, 0.15) is 39.1 Å². The zero-order valence-electron chi connectivity index (χ0n) is 8.26. The number of aromatic nitrogens is 2. The van der Waals surface area contributed by atoms with Crippen LogP contribution in [0.15, 0.2) is 12.1 Å². The van der Waals surface area contributed by atoms with Gasteiger partial charge >= 0.3 is 0 Å². The lowest BCUT2D eigenvalue weighted by molar-refractivity contribution is 0.556. The third kappa shape index (κ3) is 2.03. The monoisotopic (exact) mass is 164 g/mol. The molecular formula is C10H16N2. The molecule has 0 aliphatic heterocycles. The van der Waals surface area contributed by atoms with E-state index in [0.29, 0.717) is 0 Å². The van der Waals surface area contributed by atoms with Crippen molar-refractivity contribution >= 4 is 0 Å². The zero-order valence-corrected chi connectivity index (χ0v) is 8.26. The summed E-state index contributed by atoms with van der Waals surface area (Å²) in [6, 6.07) is 4.11. The average molecular weight is 164 g/mol. The maximum atomic E-state index is 4.17. The Bertz CT molecular complexity index is 244. The second-order valence-electron chi connectivity index (χ2n) is 4.01. The zero-order chi connectivity index (χ0) is 9.19. The van der Waals surface area contributed by atoms with Crippen molar-refractivity contribution in [2.24, 2.45) is 0 Å². The summed E-state index contributed by atoms with van der Waals surface area (Å²) in [4.78, 5) is 0. The maximum absolute atomic E-state index is 4.17. The van der Waals surface area contributed by atoms with Crippen LogP contribution in [0.25, 0.3) is 0 Å². The Balaban J connectivity index is 2.93. The molecule has 0 saturated carbocycles. The van der Waals surface area contributed by atoms with Crippen LogP contribution in [-0.2, 0) is 11.8 Å². The molecule has 0 unspecified atom stereocenters. The minimum absolute atomic E-state index is 0.110. The quantitative estimate of drug-likeness (QED) is 0.636. The molecule has 0 aliphatic rings. The summed E-state index contributed by atoms with van der Waals surface area (Å²) >= 11 is 0. The predicted octanol–water partition coefficient (Wildman–Crippen LogP) is 2.34. The summed E-state index contributed by atoms with van der Waals surface area (Å²) in [5, 5.41) is 8.28. The molecule has 1 aromatic heterocycles. The molecule has 2 heteroatoms. The summed E-state index contributed by atoms with van der Waals surface area (Å²) in [6.07, 6.45) is 0.956. The molecule has 0 fully saturated rings. The number of nitrogens with zero attached hydrogens (tertiary/aromatic N) is 2. The maximum Gasteiger partial charge on any atom is 0.0684 e. The standard InChI is InChI=1S/C10H16N2/c1-5-8-6-7-9(12-11-8)10(2,3)4/h6-7H,5H2,1-4H3. The van der Waals surface area contributed by atoms with Gasteiger partial charge in [-0.15, -0.1) is 0 Å². The normalized spacial score (nSPS) is 11.7. The molecule has 0 saturated heterocycles. The van der Waals surface area contributed by atoms with Gasteiger partial charge in [-0.05, 0) is 18.6 Å². The van der Waals surface area contributed by atoms with Gasteiger partial charge in [-0.2, -0.15) is 10.2 Å². The Morgan fingerprint density at radius 2 is 1.83 bits per heavy atom. The highest BCUT2D eigenvalue weighted by Crippen LogP contribution is 2.18. The lowest BCUT2D eigenvalue weighted by atomic mass is 9.92. The Kier molecular flexibility index (Phi) is 2.46. The van der Waals surface area contributed by atoms with Gasteiger partial charge in [0.05, 0.1) is 11.4 Å². The molecule has 0 spiro atoms. The molecular weight excluding hydrogens is 148 g/mol. The molecule has 0 aromatic carbocycles. The van der Waals surface area contributed by atoms with E-state index >= 15 is 0 Å². The van der Waals surface area contributed by atoms with Gasteiger partial charge in [-0.1, -0.05) is 27.7 Å². The highest BCUT2D eigenvalue weighted by Gasteiger charge is 2.15. The summed E-state index contributed by atoms with van der Waals surface area (Å²) in [6.45, 7) is 8.51. The molecule has 1 rings (SSSR count). The van der Waals surface area contributed by atoms with E-state index in [4.69, 9.17) is 0 Å². The van der Waals surface area contributed by atoms with Gasteiger partial charge < -0.3 is 0 Å². The molecule has 1 heterocycles. The molecule has 0 amide bonds. The molecule has 12 heavy (non-hydrogen) atoms. The minimum atomic E-state index is 0.110. The lowest BCUT2D eigenvalue weighted by Crippen LogP contribution is -2.14. The first-order valence-electron chi connectivity index (χ1n) is 4.37. The van der Waals surface area contributed by atoms with Crippen LogP contribution in [-0.4, -0.2) is 10.2 Å². The van der Waals surface area contributed by atoms with Crippen LogP contribution in [0.4, 0.5) is 0 Å². The first-order valence-corrected chi connectivity index (χ1v) is 4.37. The number of rotatable bonds is 1. The van der Waals surface area contributed by atoms with Gasteiger partial charge in [-0.25, -0.2) is 0 Å². The molecule has 0 atom stereocenters. The molecule has 1 aromatic rings. The minimum Gasteiger partial charge on any atom is -0.155 e. The number of aryl methyl sites for hydroxylation is 1. The van der Waals surface area contributed by atoms with E-state index in [9.17, 15) is 0 Å². The van der Waals surface area contributed by atoms with Gasteiger partial charge in [0.15, 0.2) is 0 Å². The Hall–Kier alpha value is -0.920. The SMILES string of the molecule is CCc1ccc(C(C)(C)C)nn1. The van der Waals surface area contributed by atoms with Crippen LogP contribution in [0.5, 0.6) is 0 Å². The van der Waals surface area contributed by atoms with Crippen molar-refractivity contribution in [3.63, 3.8) is 0 Å². The third-order valence-electron chi connectivity index (χ3n) is 1.85. The van der Waals surface area contributed by atoms with Gasteiger partial charge in [0.1, 0.15) is 0 Å². The second-order valence-corrected chi connectivity index (χ2v) is 4.01. The van der Waals surface area contributed by atoms with Crippen LogP contribution < -0.4 is 0 Å². The van der Waals surface area contributed by atoms with E-state index in [1.807, 2.05) is 6.07 Å². The highest BCUT2D eigenvalue weighted by atomic mass is 15.1. The van der Waals surface area contributed by atoms with Gasteiger partial charge in [-0.3, -0.25) is 0 Å². The summed E-state index contributed by atoms with van der Waals surface area (Å²) in [7, 11) is 0. The number of hydrogen-bond acceptors (Lipinski definition) is 2. The van der Waals surface area contributed by atoms with E-state index in [2.05, 4.69) is 44.0 Å². The first kappa shape index (κ1) is 9.17. The molecule has 0 bridgehead atoms. The lowest BCUT2D eigenvalue weighted by Gasteiger charge is -2.16. The van der Waals surface area contributed by atoms with Crippen molar-refractivity contribution in [2.75, 3.05) is 0 Å². The second kappa shape index (κ2) is 3.21. The van der Waals surface area contributed by atoms with Crippen molar-refractivity contribution in [1.29, 1.82) is 0 Å². The van der Waals surface area contributed by atoms with E-state index in [1.54, 1.807) is 0 Å². The Morgan fingerprint density at radius 1 is 1.17 bits per heavy atom. The summed E-state index contributed by atoms with van der Waals surface area (Å²) in [5.74, 6) is 0. The van der Waals surface area contributed by atoms with Crippen molar-refractivity contribution in [3.05, 3.63) is 23.5 Å². The van der Waals surface area contributed by atoms with Crippen LogP contribution >= 0.6 is 0 Å².